The summed E-state index contributed by atoms with van der Waals surface area (Å²) < 4.78 is 17.9. The highest BCUT2D eigenvalue weighted by Gasteiger charge is 1.97. The Morgan fingerprint density at radius 2 is 2.06 bits per heavy atom. The van der Waals surface area contributed by atoms with Crippen molar-refractivity contribution in [2.24, 2.45) is 5.73 Å². The largest absolute Gasteiger partial charge is 0.494 e. The lowest BCUT2D eigenvalue weighted by Crippen LogP contribution is -2.01. The summed E-state index contributed by atoms with van der Waals surface area (Å²) in [7, 11) is 0. The van der Waals surface area contributed by atoms with Crippen molar-refractivity contribution in [1.29, 1.82) is 0 Å². The average Bonchev–Trinajstić information content (AvgIpc) is 2.28. The third kappa shape index (κ3) is 5.20. The van der Waals surface area contributed by atoms with Gasteiger partial charge in [0, 0.05) is 5.70 Å². The van der Waals surface area contributed by atoms with Crippen molar-refractivity contribution in [3.63, 3.8) is 0 Å². The van der Waals surface area contributed by atoms with Crippen LogP contribution in [0.25, 0.3) is 0 Å². The van der Waals surface area contributed by atoms with Gasteiger partial charge in [0.15, 0.2) is 0 Å². The summed E-state index contributed by atoms with van der Waals surface area (Å²) in [5, 5.41) is 0. The minimum atomic E-state index is -0.220. The Balaban J connectivity index is 2.45. The summed E-state index contributed by atoms with van der Waals surface area (Å²) in [5.74, 6) is 0.353. The molecule has 92 valence electrons. The molecular weight excluding hydrogens is 217 g/mol. The number of halogens is 1. The van der Waals surface area contributed by atoms with Crippen molar-refractivity contribution in [2.45, 2.75) is 19.8 Å². The van der Waals surface area contributed by atoms with Crippen LogP contribution in [0.1, 0.15) is 18.9 Å². The maximum absolute atomic E-state index is 12.7. The van der Waals surface area contributed by atoms with E-state index in [4.69, 9.17) is 10.5 Å². The zero-order valence-corrected chi connectivity index (χ0v) is 10.1. The molecule has 2 nitrogen and oxygen atoms in total. The Kier molecular flexibility index (Phi) is 5.27. The summed E-state index contributed by atoms with van der Waals surface area (Å²) in [4.78, 5) is 0. The van der Waals surface area contributed by atoms with E-state index in [1.165, 1.54) is 12.1 Å². The summed E-state index contributed by atoms with van der Waals surface area (Å²) in [5.41, 5.74) is 7.60. The molecule has 0 heterocycles. The topological polar surface area (TPSA) is 35.2 Å². The second-order valence-corrected chi connectivity index (χ2v) is 3.75. The molecule has 0 fully saturated rings. The van der Waals surface area contributed by atoms with Gasteiger partial charge in [-0.05, 0) is 43.5 Å². The molecule has 2 N–H and O–H groups in total. The van der Waals surface area contributed by atoms with Crippen LogP contribution in [0.15, 0.2) is 48.4 Å². The van der Waals surface area contributed by atoms with Gasteiger partial charge in [-0.2, -0.15) is 0 Å². The molecule has 0 aliphatic rings. The van der Waals surface area contributed by atoms with Gasteiger partial charge in [0.1, 0.15) is 11.6 Å². The van der Waals surface area contributed by atoms with E-state index in [0.29, 0.717) is 24.5 Å². The molecule has 1 aromatic rings. The first-order chi connectivity index (χ1) is 8.11. The van der Waals surface area contributed by atoms with Crippen LogP contribution in [-0.4, -0.2) is 6.61 Å². The Labute approximate surface area is 102 Å². The van der Waals surface area contributed by atoms with Gasteiger partial charge in [-0.1, -0.05) is 18.7 Å². The van der Waals surface area contributed by atoms with E-state index in [1.807, 2.05) is 6.92 Å². The lowest BCUT2D eigenvalue weighted by molar-refractivity contribution is 0.243. The molecule has 0 unspecified atom stereocenters. The molecule has 3 heteroatoms. The predicted molar refractivity (Wildman–Crippen MR) is 67.8 cm³/mol. The van der Waals surface area contributed by atoms with Crippen LogP contribution in [-0.2, 0) is 11.2 Å². The molecule has 0 amide bonds. The standard InChI is InChI=1S/C14H18FNO/c1-3-17-11(2)10-14(16)9-6-12-4-7-13(15)8-5-12/h4-5,7-8,10H,2-3,6,9,16H2,1H3/b14-10+. The molecule has 0 bridgehead atoms. The van der Waals surface area contributed by atoms with Crippen molar-refractivity contribution in [3.05, 3.63) is 59.8 Å². The SMILES string of the molecule is C=C(/C=C(/N)CCc1ccc(F)cc1)OCC. The zero-order valence-electron chi connectivity index (χ0n) is 10.1. The number of nitrogens with two attached hydrogens (primary N) is 1. The van der Waals surface area contributed by atoms with Crippen molar-refractivity contribution in [2.75, 3.05) is 6.61 Å². The van der Waals surface area contributed by atoms with Crippen molar-refractivity contribution >= 4 is 0 Å². The van der Waals surface area contributed by atoms with Gasteiger partial charge in [0.25, 0.3) is 0 Å². The zero-order chi connectivity index (χ0) is 12.7. The Hall–Kier alpha value is -1.77. The van der Waals surface area contributed by atoms with Gasteiger partial charge in [0.05, 0.1) is 6.61 Å². The fourth-order valence-electron chi connectivity index (χ4n) is 1.45. The Morgan fingerprint density at radius 1 is 1.41 bits per heavy atom. The third-order valence-electron chi connectivity index (χ3n) is 2.29. The highest BCUT2D eigenvalue weighted by molar-refractivity contribution is 5.19. The van der Waals surface area contributed by atoms with Gasteiger partial charge in [-0.15, -0.1) is 0 Å². The molecule has 0 saturated heterocycles. The fraction of sp³-hybridized carbons (Fsp3) is 0.286. The van der Waals surface area contributed by atoms with Gasteiger partial charge in [-0.3, -0.25) is 0 Å². The fourth-order valence-corrected chi connectivity index (χ4v) is 1.45. The Bertz CT molecular complexity index is 395. The number of allylic oxidation sites excluding steroid dienone is 2. The van der Waals surface area contributed by atoms with Gasteiger partial charge < -0.3 is 10.5 Å². The van der Waals surface area contributed by atoms with Crippen LogP contribution in [0.5, 0.6) is 0 Å². The van der Waals surface area contributed by atoms with E-state index in [2.05, 4.69) is 6.58 Å². The maximum Gasteiger partial charge on any atom is 0.123 e. The quantitative estimate of drug-likeness (QED) is 0.607. The first kappa shape index (κ1) is 13.3. The number of benzene rings is 1. The van der Waals surface area contributed by atoms with Gasteiger partial charge >= 0.3 is 0 Å². The summed E-state index contributed by atoms with van der Waals surface area (Å²) in [6.07, 6.45) is 3.22. The second-order valence-electron chi connectivity index (χ2n) is 3.75. The van der Waals surface area contributed by atoms with Crippen molar-refractivity contribution in [1.82, 2.24) is 0 Å². The molecule has 17 heavy (non-hydrogen) atoms. The van der Waals surface area contributed by atoms with E-state index in [-0.39, 0.29) is 5.82 Å². The highest BCUT2D eigenvalue weighted by Crippen LogP contribution is 2.09. The molecule has 0 spiro atoms. The minimum Gasteiger partial charge on any atom is -0.494 e. The first-order valence-electron chi connectivity index (χ1n) is 5.64. The minimum absolute atomic E-state index is 0.220. The molecule has 0 radical (unpaired) electrons. The highest BCUT2D eigenvalue weighted by atomic mass is 19.1. The molecule has 0 aliphatic heterocycles. The maximum atomic E-state index is 12.7. The molecule has 1 rings (SSSR count). The number of ether oxygens (including phenoxy) is 1. The molecule has 0 aliphatic carbocycles. The van der Waals surface area contributed by atoms with E-state index in [0.717, 1.165) is 12.0 Å². The summed E-state index contributed by atoms with van der Waals surface area (Å²) in [6, 6.07) is 6.43. The second kappa shape index (κ2) is 6.74. The van der Waals surface area contributed by atoms with Crippen molar-refractivity contribution < 1.29 is 9.13 Å². The van der Waals surface area contributed by atoms with Crippen LogP contribution in [0.2, 0.25) is 0 Å². The molecule has 1 aromatic carbocycles. The van der Waals surface area contributed by atoms with E-state index < -0.39 is 0 Å². The average molecular weight is 235 g/mol. The molecular formula is C14H18FNO. The van der Waals surface area contributed by atoms with Crippen LogP contribution in [0, 0.1) is 5.82 Å². The molecule has 0 saturated carbocycles. The smallest absolute Gasteiger partial charge is 0.123 e. The number of hydrogen-bond acceptors (Lipinski definition) is 2. The predicted octanol–water partition coefficient (Wildman–Crippen LogP) is 3.15. The molecule has 0 atom stereocenters. The molecule has 0 aromatic heterocycles. The van der Waals surface area contributed by atoms with Crippen LogP contribution >= 0.6 is 0 Å². The summed E-state index contributed by atoms with van der Waals surface area (Å²) >= 11 is 0. The van der Waals surface area contributed by atoms with Crippen molar-refractivity contribution in [3.8, 4) is 0 Å². The monoisotopic (exact) mass is 235 g/mol. The normalized spacial score (nSPS) is 11.3. The number of hydrogen-bond donors (Lipinski definition) is 1. The lowest BCUT2D eigenvalue weighted by Gasteiger charge is -2.05. The first-order valence-corrected chi connectivity index (χ1v) is 5.64. The number of rotatable bonds is 6. The van der Waals surface area contributed by atoms with Crippen LogP contribution < -0.4 is 5.73 Å². The van der Waals surface area contributed by atoms with Gasteiger partial charge in [0.2, 0.25) is 0 Å². The van der Waals surface area contributed by atoms with E-state index in [1.54, 1.807) is 18.2 Å². The van der Waals surface area contributed by atoms with E-state index in [9.17, 15) is 4.39 Å². The lowest BCUT2D eigenvalue weighted by atomic mass is 10.1. The van der Waals surface area contributed by atoms with Crippen LogP contribution in [0.3, 0.4) is 0 Å². The van der Waals surface area contributed by atoms with E-state index >= 15 is 0 Å². The van der Waals surface area contributed by atoms with Crippen LogP contribution in [0.4, 0.5) is 4.39 Å². The summed E-state index contributed by atoms with van der Waals surface area (Å²) in [6.45, 7) is 6.20. The third-order valence-corrected chi connectivity index (χ3v) is 2.29. The number of aryl methyl sites for hydroxylation is 1. The van der Waals surface area contributed by atoms with Gasteiger partial charge in [-0.25, -0.2) is 4.39 Å². The Morgan fingerprint density at radius 3 is 2.65 bits per heavy atom.